The van der Waals surface area contributed by atoms with E-state index >= 15 is 0 Å². The number of carbonyl (C=O) groups excluding carboxylic acids is 1. The minimum atomic E-state index is 0.250. The number of amides is 1. The van der Waals surface area contributed by atoms with E-state index in [1.54, 1.807) is 11.3 Å². The smallest absolute Gasteiger partial charge is 0.226 e. The highest BCUT2D eigenvalue weighted by molar-refractivity contribution is 7.09. The van der Waals surface area contributed by atoms with Crippen LogP contribution in [0.4, 0.5) is 0 Å². The van der Waals surface area contributed by atoms with E-state index in [-0.39, 0.29) is 5.92 Å². The molecule has 1 aliphatic rings. The van der Waals surface area contributed by atoms with Crippen molar-refractivity contribution in [1.82, 2.24) is 9.88 Å². The molecule has 1 heterocycles. The minimum absolute atomic E-state index is 0.250. The van der Waals surface area contributed by atoms with Gasteiger partial charge < -0.3 is 9.64 Å². The van der Waals surface area contributed by atoms with Crippen LogP contribution in [0.2, 0.25) is 0 Å². The number of aromatic nitrogens is 1. The summed E-state index contributed by atoms with van der Waals surface area (Å²) in [5, 5.41) is 3.00. The zero-order chi connectivity index (χ0) is 18.7. The lowest BCUT2D eigenvalue weighted by molar-refractivity contribution is -0.133. The van der Waals surface area contributed by atoms with Crippen LogP contribution in [-0.4, -0.2) is 22.3 Å². The van der Waals surface area contributed by atoms with E-state index in [0.717, 1.165) is 35.8 Å². The number of benzene rings is 1. The van der Waals surface area contributed by atoms with Gasteiger partial charge >= 0.3 is 0 Å². The Morgan fingerprint density at radius 1 is 1.35 bits per heavy atom. The number of aryl methyl sites for hydroxylation is 1. The van der Waals surface area contributed by atoms with Crippen LogP contribution >= 0.6 is 11.3 Å². The lowest BCUT2D eigenvalue weighted by atomic mass is 10.1. The minimum Gasteiger partial charge on any atom is -0.486 e. The van der Waals surface area contributed by atoms with Gasteiger partial charge in [-0.1, -0.05) is 26.0 Å². The lowest BCUT2D eigenvalue weighted by Gasteiger charge is -2.23. The van der Waals surface area contributed by atoms with E-state index in [2.05, 4.69) is 44.1 Å². The van der Waals surface area contributed by atoms with Gasteiger partial charge in [0.1, 0.15) is 17.4 Å². The molecule has 2 aromatic rings. The molecule has 1 amide bonds. The maximum Gasteiger partial charge on any atom is 0.226 e. The Bertz CT molecular complexity index is 765. The van der Waals surface area contributed by atoms with E-state index in [4.69, 9.17) is 4.74 Å². The van der Waals surface area contributed by atoms with Crippen LogP contribution in [0, 0.1) is 25.7 Å². The average Bonchev–Trinajstić information content (AvgIpc) is 3.35. The van der Waals surface area contributed by atoms with Crippen LogP contribution in [0.5, 0.6) is 5.75 Å². The molecule has 1 aromatic heterocycles. The zero-order valence-electron chi connectivity index (χ0n) is 16.1. The number of hydrogen-bond acceptors (Lipinski definition) is 4. The van der Waals surface area contributed by atoms with Crippen molar-refractivity contribution in [3.05, 3.63) is 45.4 Å². The van der Waals surface area contributed by atoms with Crippen LogP contribution in [0.3, 0.4) is 0 Å². The third-order valence-corrected chi connectivity index (χ3v) is 5.55. The fourth-order valence-electron chi connectivity index (χ4n) is 2.97. The molecule has 140 valence electrons. The van der Waals surface area contributed by atoms with Crippen molar-refractivity contribution in [2.24, 2.45) is 11.8 Å². The molecule has 1 fully saturated rings. The van der Waals surface area contributed by atoms with Gasteiger partial charge in [-0.15, -0.1) is 11.3 Å². The second-order valence-electron chi connectivity index (χ2n) is 7.61. The van der Waals surface area contributed by atoms with Crippen LogP contribution in [0.1, 0.15) is 48.5 Å². The molecule has 0 spiro atoms. The third-order valence-electron chi connectivity index (χ3n) is 4.68. The summed E-state index contributed by atoms with van der Waals surface area (Å²) in [7, 11) is 0. The SMILES string of the molecule is Cc1cccc(OCc2nc(CN(CC(C)C)C(=O)C3CC3)cs2)c1C. The molecule has 0 N–H and O–H groups in total. The molecule has 26 heavy (non-hydrogen) atoms. The molecule has 0 bridgehead atoms. The van der Waals surface area contributed by atoms with Gasteiger partial charge in [0.25, 0.3) is 0 Å². The Kier molecular flexibility index (Phi) is 5.97. The number of rotatable bonds is 8. The van der Waals surface area contributed by atoms with Gasteiger partial charge in [0.15, 0.2) is 0 Å². The van der Waals surface area contributed by atoms with Crippen LogP contribution in [-0.2, 0) is 17.9 Å². The van der Waals surface area contributed by atoms with Crippen molar-refractivity contribution in [1.29, 1.82) is 0 Å². The first-order valence-corrected chi connectivity index (χ1v) is 10.2. The average molecular weight is 373 g/mol. The Morgan fingerprint density at radius 2 is 2.12 bits per heavy atom. The topological polar surface area (TPSA) is 42.4 Å². The molecular formula is C21H28N2O2S. The summed E-state index contributed by atoms with van der Waals surface area (Å²) < 4.78 is 5.95. The number of nitrogens with zero attached hydrogens (tertiary/aromatic N) is 2. The first-order valence-electron chi connectivity index (χ1n) is 9.35. The highest BCUT2D eigenvalue weighted by Crippen LogP contribution is 2.32. The summed E-state index contributed by atoms with van der Waals surface area (Å²) in [5.41, 5.74) is 3.36. The van der Waals surface area contributed by atoms with Crippen molar-refractivity contribution in [2.75, 3.05) is 6.54 Å². The normalized spacial score (nSPS) is 13.9. The molecule has 5 heteroatoms. The summed E-state index contributed by atoms with van der Waals surface area (Å²) in [6, 6.07) is 6.09. The van der Waals surface area contributed by atoms with Gasteiger partial charge in [0.05, 0.1) is 12.2 Å². The zero-order valence-corrected chi connectivity index (χ0v) is 16.9. The first-order chi connectivity index (χ1) is 12.4. The van der Waals surface area contributed by atoms with E-state index < -0.39 is 0 Å². The fraction of sp³-hybridized carbons (Fsp3) is 0.524. The van der Waals surface area contributed by atoms with E-state index in [0.29, 0.717) is 25.0 Å². The molecule has 1 saturated carbocycles. The van der Waals surface area contributed by atoms with Gasteiger partial charge in [-0.25, -0.2) is 4.98 Å². The summed E-state index contributed by atoms with van der Waals surface area (Å²) >= 11 is 1.60. The number of carbonyl (C=O) groups is 1. The summed E-state index contributed by atoms with van der Waals surface area (Å²) in [5.74, 6) is 1.91. The second-order valence-corrected chi connectivity index (χ2v) is 8.55. The first kappa shape index (κ1) is 18.9. The molecule has 3 rings (SSSR count). The molecule has 0 radical (unpaired) electrons. The molecule has 1 aromatic carbocycles. The molecule has 4 nitrogen and oxygen atoms in total. The maximum absolute atomic E-state index is 12.5. The summed E-state index contributed by atoms with van der Waals surface area (Å²) in [6.07, 6.45) is 2.08. The Labute approximate surface area is 160 Å². The standard InChI is InChI=1S/C21H28N2O2S/c1-14(2)10-23(21(24)17-8-9-17)11-18-13-26-20(22-18)12-25-19-7-5-6-15(3)16(19)4/h5-7,13-14,17H,8-12H2,1-4H3. The molecule has 0 saturated heterocycles. The van der Waals surface area contributed by atoms with Crippen LogP contribution in [0.15, 0.2) is 23.6 Å². The van der Waals surface area contributed by atoms with Crippen LogP contribution in [0.25, 0.3) is 0 Å². The summed E-state index contributed by atoms with van der Waals surface area (Å²) in [6.45, 7) is 10.3. The Hall–Kier alpha value is -1.88. The van der Waals surface area contributed by atoms with Crippen molar-refractivity contribution < 1.29 is 9.53 Å². The van der Waals surface area contributed by atoms with Gasteiger partial charge in [-0.2, -0.15) is 0 Å². The highest BCUT2D eigenvalue weighted by Gasteiger charge is 2.33. The van der Waals surface area contributed by atoms with Crippen molar-refractivity contribution in [3.8, 4) is 5.75 Å². The van der Waals surface area contributed by atoms with Crippen molar-refractivity contribution in [3.63, 3.8) is 0 Å². The third kappa shape index (κ3) is 4.85. The van der Waals surface area contributed by atoms with Gasteiger partial charge in [0.2, 0.25) is 5.91 Å². The maximum atomic E-state index is 12.5. The van der Waals surface area contributed by atoms with Crippen LogP contribution < -0.4 is 4.74 Å². The Morgan fingerprint density at radius 3 is 2.81 bits per heavy atom. The molecule has 1 aliphatic carbocycles. The predicted octanol–water partition coefficient (Wildman–Crippen LogP) is 4.73. The number of ether oxygens (including phenoxy) is 1. The molecular weight excluding hydrogens is 344 g/mol. The predicted molar refractivity (Wildman–Crippen MR) is 105 cm³/mol. The van der Waals surface area contributed by atoms with Gasteiger partial charge in [-0.05, 0) is 49.8 Å². The monoisotopic (exact) mass is 372 g/mol. The molecule has 0 atom stereocenters. The number of hydrogen-bond donors (Lipinski definition) is 0. The van der Waals surface area contributed by atoms with Crippen molar-refractivity contribution >= 4 is 17.2 Å². The summed E-state index contributed by atoms with van der Waals surface area (Å²) in [4.78, 5) is 19.2. The van der Waals surface area contributed by atoms with Crippen molar-refractivity contribution in [2.45, 2.75) is 53.7 Å². The second kappa shape index (κ2) is 8.21. The van der Waals surface area contributed by atoms with E-state index in [9.17, 15) is 4.79 Å². The van der Waals surface area contributed by atoms with Gasteiger partial charge in [-0.3, -0.25) is 4.79 Å². The fourth-order valence-corrected chi connectivity index (χ4v) is 3.66. The number of thiazole rings is 1. The molecule has 0 aliphatic heterocycles. The van der Waals surface area contributed by atoms with Gasteiger partial charge in [0, 0.05) is 17.8 Å². The largest absolute Gasteiger partial charge is 0.486 e. The highest BCUT2D eigenvalue weighted by atomic mass is 32.1. The van der Waals surface area contributed by atoms with E-state index in [1.165, 1.54) is 11.1 Å². The quantitative estimate of drug-likeness (QED) is 0.672. The van der Waals surface area contributed by atoms with E-state index in [1.807, 2.05) is 17.0 Å². The Balaban J connectivity index is 1.61. The molecule has 0 unspecified atom stereocenters. The lowest BCUT2D eigenvalue weighted by Crippen LogP contribution is -2.34.